The van der Waals surface area contributed by atoms with Gasteiger partial charge < -0.3 is 0 Å². The largest absolute Gasteiger partial charge is 0.264 e. The zero-order chi connectivity index (χ0) is 34.7. The Hall–Kier alpha value is -7.18. The molecule has 9 rings (SSSR count). The van der Waals surface area contributed by atoms with Crippen molar-refractivity contribution in [1.82, 2.24) is 29.9 Å². The van der Waals surface area contributed by atoms with Gasteiger partial charge in [-0.3, -0.25) is 4.98 Å². The second kappa shape index (κ2) is 13.6. The molecule has 9 aromatic rings. The van der Waals surface area contributed by atoms with Gasteiger partial charge in [0, 0.05) is 56.7 Å². The van der Waals surface area contributed by atoms with Crippen molar-refractivity contribution >= 4 is 10.8 Å². The predicted molar refractivity (Wildman–Crippen MR) is 209 cm³/mol. The Kier molecular flexibility index (Phi) is 8.08. The summed E-state index contributed by atoms with van der Waals surface area (Å²) in [5, 5.41) is 2.11. The lowest BCUT2D eigenvalue weighted by molar-refractivity contribution is 1.07. The molecule has 6 heteroatoms. The molecule has 0 amide bonds. The number of benzene rings is 6. The zero-order valence-corrected chi connectivity index (χ0v) is 28.0. The Morgan fingerprint density at radius 3 is 1.35 bits per heavy atom. The molecule has 0 atom stereocenters. The Morgan fingerprint density at radius 2 is 0.750 bits per heavy atom. The van der Waals surface area contributed by atoms with Crippen LogP contribution in [0.4, 0.5) is 0 Å². The number of hydrogen-bond acceptors (Lipinski definition) is 6. The van der Waals surface area contributed by atoms with Crippen molar-refractivity contribution in [3.8, 4) is 79.2 Å². The van der Waals surface area contributed by atoms with Gasteiger partial charge in [-0.05, 0) is 17.5 Å². The topological polar surface area (TPSA) is 77.3 Å². The SMILES string of the molecule is c1ccc(-c2nc(-c3ccccc3)nc(-c3cccc(-c4nc(-c5ccccc5)c(-c5cccc6cnccc56)nc4-c4ccccc4)c3)n2)cc1. The summed E-state index contributed by atoms with van der Waals surface area (Å²) in [4.78, 5) is 30.3. The number of fused-ring (bicyclic) bond motifs is 1. The van der Waals surface area contributed by atoms with E-state index in [1.54, 1.807) is 0 Å². The summed E-state index contributed by atoms with van der Waals surface area (Å²) in [6, 6.07) is 57.1. The second-order valence-corrected chi connectivity index (χ2v) is 12.4. The van der Waals surface area contributed by atoms with Crippen LogP contribution in [-0.2, 0) is 0 Å². The van der Waals surface area contributed by atoms with Gasteiger partial charge in [0.2, 0.25) is 0 Å². The summed E-state index contributed by atoms with van der Waals surface area (Å²) < 4.78 is 0. The fourth-order valence-corrected chi connectivity index (χ4v) is 6.49. The highest BCUT2D eigenvalue weighted by atomic mass is 15.0. The Bertz CT molecular complexity index is 2600. The van der Waals surface area contributed by atoms with Gasteiger partial charge in [0.15, 0.2) is 17.5 Å². The highest BCUT2D eigenvalue weighted by Gasteiger charge is 2.21. The Balaban J connectivity index is 1.28. The van der Waals surface area contributed by atoms with Crippen molar-refractivity contribution in [3.63, 3.8) is 0 Å². The summed E-state index contributed by atoms with van der Waals surface area (Å²) in [5.74, 6) is 1.80. The molecule has 6 nitrogen and oxygen atoms in total. The van der Waals surface area contributed by atoms with Crippen molar-refractivity contribution in [1.29, 1.82) is 0 Å². The smallest absolute Gasteiger partial charge is 0.164 e. The van der Waals surface area contributed by atoms with Crippen molar-refractivity contribution in [3.05, 3.63) is 182 Å². The van der Waals surface area contributed by atoms with E-state index in [2.05, 4.69) is 59.6 Å². The molecule has 0 saturated heterocycles. The monoisotopic (exact) mass is 666 g/mol. The third-order valence-corrected chi connectivity index (χ3v) is 9.02. The molecule has 52 heavy (non-hydrogen) atoms. The van der Waals surface area contributed by atoms with Gasteiger partial charge in [-0.15, -0.1) is 0 Å². The van der Waals surface area contributed by atoms with E-state index in [0.29, 0.717) is 17.5 Å². The van der Waals surface area contributed by atoms with Gasteiger partial charge >= 0.3 is 0 Å². The van der Waals surface area contributed by atoms with Gasteiger partial charge in [0.25, 0.3) is 0 Å². The molecular formula is C46H30N6. The number of hydrogen-bond donors (Lipinski definition) is 0. The standard InChI is InChI=1S/C46H30N6/c1-5-15-31(16-6-1)40-42(48-41(32-17-7-2-8-18-32)43(49-40)39-26-14-25-37-30-47-28-27-38(37)39)35-23-13-24-36(29-35)46-51-44(33-19-9-3-10-20-33)50-45(52-46)34-21-11-4-12-22-34/h1-30H. The summed E-state index contributed by atoms with van der Waals surface area (Å²) in [5.41, 5.74) is 9.68. The van der Waals surface area contributed by atoms with E-state index in [9.17, 15) is 0 Å². The average Bonchev–Trinajstić information content (AvgIpc) is 3.24. The first kappa shape index (κ1) is 30.8. The van der Waals surface area contributed by atoms with Crippen LogP contribution in [0, 0.1) is 0 Å². The number of aromatic nitrogens is 6. The normalized spacial score (nSPS) is 11.1. The van der Waals surface area contributed by atoms with Crippen molar-refractivity contribution in [2.24, 2.45) is 0 Å². The molecule has 0 aliphatic rings. The number of pyridine rings is 1. The third kappa shape index (κ3) is 5.99. The van der Waals surface area contributed by atoms with E-state index in [4.69, 9.17) is 24.9 Å². The molecule has 0 radical (unpaired) electrons. The molecule has 6 aromatic carbocycles. The van der Waals surface area contributed by atoms with Crippen LogP contribution in [0.3, 0.4) is 0 Å². The maximum absolute atomic E-state index is 5.51. The summed E-state index contributed by atoms with van der Waals surface area (Å²) >= 11 is 0. The number of nitrogens with zero attached hydrogens (tertiary/aromatic N) is 6. The third-order valence-electron chi connectivity index (χ3n) is 9.02. The molecule has 0 N–H and O–H groups in total. The highest BCUT2D eigenvalue weighted by molar-refractivity contribution is 5.99. The summed E-state index contributed by atoms with van der Waals surface area (Å²) in [7, 11) is 0. The van der Waals surface area contributed by atoms with E-state index in [1.165, 1.54) is 0 Å². The van der Waals surface area contributed by atoms with Crippen LogP contribution < -0.4 is 0 Å². The van der Waals surface area contributed by atoms with Crippen molar-refractivity contribution in [2.75, 3.05) is 0 Å². The fourth-order valence-electron chi connectivity index (χ4n) is 6.49. The molecule has 0 saturated carbocycles. The maximum Gasteiger partial charge on any atom is 0.164 e. The van der Waals surface area contributed by atoms with Crippen LogP contribution in [0.1, 0.15) is 0 Å². The van der Waals surface area contributed by atoms with Crippen LogP contribution in [0.2, 0.25) is 0 Å². The molecule has 3 heterocycles. The quantitative estimate of drug-likeness (QED) is 0.168. The van der Waals surface area contributed by atoms with Gasteiger partial charge in [-0.2, -0.15) is 0 Å². The lowest BCUT2D eigenvalue weighted by atomic mass is 9.96. The van der Waals surface area contributed by atoms with E-state index in [-0.39, 0.29) is 0 Å². The van der Waals surface area contributed by atoms with Gasteiger partial charge in [0.1, 0.15) is 0 Å². The van der Waals surface area contributed by atoms with E-state index >= 15 is 0 Å². The Morgan fingerprint density at radius 1 is 0.308 bits per heavy atom. The first-order valence-electron chi connectivity index (χ1n) is 17.1. The van der Waals surface area contributed by atoms with Gasteiger partial charge in [0.05, 0.1) is 22.8 Å². The lowest BCUT2D eigenvalue weighted by Gasteiger charge is -2.17. The number of rotatable bonds is 7. The van der Waals surface area contributed by atoms with E-state index in [1.807, 2.05) is 128 Å². The minimum Gasteiger partial charge on any atom is -0.264 e. The van der Waals surface area contributed by atoms with Crippen LogP contribution in [0.15, 0.2) is 182 Å². The molecule has 244 valence electrons. The lowest BCUT2D eigenvalue weighted by Crippen LogP contribution is -2.02. The zero-order valence-electron chi connectivity index (χ0n) is 28.0. The maximum atomic E-state index is 5.51. The van der Waals surface area contributed by atoms with Gasteiger partial charge in [-0.25, -0.2) is 24.9 Å². The molecule has 0 unspecified atom stereocenters. The molecule has 0 bridgehead atoms. The first-order valence-corrected chi connectivity index (χ1v) is 17.1. The minimum atomic E-state index is 0.577. The van der Waals surface area contributed by atoms with Crippen LogP contribution in [0.5, 0.6) is 0 Å². The minimum absolute atomic E-state index is 0.577. The molecule has 0 aliphatic carbocycles. The molecule has 0 spiro atoms. The average molecular weight is 667 g/mol. The second-order valence-electron chi connectivity index (χ2n) is 12.4. The van der Waals surface area contributed by atoms with Crippen molar-refractivity contribution < 1.29 is 0 Å². The molecule has 3 aromatic heterocycles. The molecular weight excluding hydrogens is 637 g/mol. The predicted octanol–water partition coefficient (Wildman–Crippen LogP) is 10.9. The summed E-state index contributed by atoms with van der Waals surface area (Å²) in [6.07, 6.45) is 3.72. The van der Waals surface area contributed by atoms with Crippen LogP contribution in [0.25, 0.3) is 90.0 Å². The van der Waals surface area contributed by atoms with E-state index < -0.39 is 0 Å². The summed E-state index contributed by atoms with van der Waals surface area (Å²) in [6.45, 7) is 0. The van der Waals surface area contributed by atoms with E-state index in [0.717, 1.165) is 72.5 Å². The molecule has 0 aliphatic heterocycles. The fraction of sp³-hybridized carbons (Fsp3) is 0. The molecule has 0 fully saturated rings. The van der Waals surface area contributed by atoms with Crippen LogP contribution >= 0.6 is 0 Å². The van der Waals surface area contributed by atoms with Gasteiger partial charge in [-0.1, -0.05) is 158 Å². The van der Waals surface area contributed by atoms with Crippen LogP contribution in [-0.4, -0.2) is 29.9 Å². The van der Waals surface area contributed by atoms with Crippen molar-refractivity contribution in [2.45, 2.75) is 0 Å². The Labute approximate surface area is 301 Å². The first-order chi connectivity index (χ1) is 25.8. The highest BCUT2D eigenvalue weighted by Crippen LogP contribution is 2.40.